The molecule has 1 unspecified atom stereocenters. The van der Waals surface area contributed by atoms with Crippen molar-refractivity contribution in [2.45, 2.75) is 56.9 Å². The molecule has 4 rings (SSSR count). The first-order chi connectivity index (χ1) is 11.6. The minimum absolute atomic E-state index is 0.0438. The predicted octanol–water partition coefficient (Wildman–Crippen LogP) is 2.28. The Hall–Kier alpha value is -2.31. The molecule has 24 heavy (non-hydrogen) atoms. The maximum absolute atomic E-state index is 12.7. The average Bonchev–Trinajstić information content (AvgIpc) is 3.00. The SMILES string of the molecule is Cn1cc(C2CC(=O)Nc3c2c(=O)[nH]n3C2CCCCCC2)cn1. The Morgan fingerprint density at radius 1 is 1.17 bits per heavy atom. The molecule has 0 aromatic carbocycles. The van der Waals surface area contributed by atoms with E-state index in [1.54, 1.807) is 10.9 Å². The molecular weight excluding hydrogens is 306 g/mol. The third-order valence-electron chi connectivity index (χ3n) is 5.28. The van der Waals surface area contributed by atoms with Crippen molar-refractivity contribution < 1.29 is 4.79 Å². The van der Waals surface area contributed by atoms with Gasteiger partial charge in [-0.05, 0) is 18.4 Å². The summed E-state index contributed by atoms with van der Waals surface area (Å²) in [4.78, 5) is 24.9. The highest BCUT2D eigenvalue weighted by atomic mass is 16.2. The van der Waals surface area contributed by atoms with Crippen molar-refractivity contribution in [1.82, 2.24) is 19.6 Å². The van der Waals surface area contributed by atoms with E-state index in [2.05, 4.69) is 15.5 Å². The molecule has 1 atom stereocenters. The average molecular weight is 329 g/mol. The normalized spacial score (nSPS) is 22.0. The van der Waals surface area contributed by atoms with Gasteiger partial charge in [-0.3, -0.25) is 24.1 Å². The van der Waals surface area contributed by atoms with Crippen molar-refractivity contribution in [2.24, 2.45) is 7.05 Å². The van der Waals surface area contributed by atoms with Gasteiger partial charge in [0.1, 0.15) is 5.82 Å². The third-order valence-corrected chi connectivity index (χ3v) is 5.28. The summed E-state index contributed by atoms with van der Waals surface area (Å²) in [5.41, 5.74) is 1.49. The molecule has 1 aliphatic carbocycles. The molecule has 0 bridgehead atoms. The Morgan fingerprint density at radius 3 is 2.58 bits per heavy atom. The van der Waals surface area contributed by atoms with Gasteiger partial charge in [-0.2, -0.15) is 5.10 Å². The molecular formula is C17H23N5O2. The fraction of sp³-hybridized carbons (Fsp3) is 0.588. The fourth-order valence-electron chi connectivity index (χ4n) is 4.08. The Bertz CT molecular complexity index is 807. The topological polar surface area (TPSA) is 84.7 Å². The summed E-state index contributed by atoms with van der Waals surface area (Å²) in [5.74, 6) is 0.396. The first kappa shape index (κ1) is 15.2. The van der Waals surface area contributed by atoms with Gasteiger partial charge >= 0.3 is 0 Å². The summed E-state index contributed by atoms with van der Waals surface area (Å²) in [7, 11) is 1.84. The van der Waals surface area contributed by atoms with Gasteiger partial charge in [-0.25, -0.2) is 0 Å². The summed E-state index contributed by atoms with van der Waals surface area (Å²) >= 11 is 0. The van der Waals surface area contributed by atoms with Crippen molar-refractivity contribution in [2.75, 3.05) is 5.32 Å². The number of anilines is 1. The highest BCUT2D eigenvalue weighted by Crippen LogP contribution is 2.37. The predicted molar refractivity (Wildman–Crippen MR) is 90.1 cm³/mol. The lowest BCUT2D eigenvalue weighted by Gasteiger charge is -2.25. The molecule has 2 aromatic rings. The molecule has 7 heteroatoms. The Morgan fingerprint density at radius 2 is 1.92 bits per heavy atom. The first-order valence-electron chi connectivity index (χ1n) is 8.76. The van der Waals surface area contributed by atoms with Gasteiger partial charge in [-0.1, -0.05) is 25.7 Å². The standard InChI is InChI=1S/C17H23N5O2/c1-21-10-11(9-18-21)13-8-14(23)19-16-15(13)17(24)20-22(16)12-6-4-2-3-5-7-12/h9-10,12-13H,2-8H2,1H3,(H,19,23)(H,20,24). The zero-order valence-electron chi connectivity index (χ0n) is 13.9. The smallest absolute Gasteiger partial charge is 0.270 e. The van der Waals surface area contributed by atoms with Crippen LogP contribution in [0.2, 0.25) is 0 Å². The van der Waals surface area contributed by atoms with E-state index in [-0.39, 0.29) is 29.8 Å². The van der Waals surface area contributed by atoms with E-state index in [4.69, 9.17) is 0 Å². The van der Waals surface area contributed by atoms with E-state index in [1.165, 1.54) is 25.7 Å². The summed E-state index contributed by atoms with van der Waals surface area (Å²) in [6, 6.07) is 0.261. The van der Waals surface area contributed by atoms with E-state index in [1.807, 2.05) is 17.9 Å². The van der Waals surface area contributed by atoms with Crippen LogP contribution in [-0.2, 0) is 11.8 Å². The van der Waals surface area contributed by atoms with Crippen LogP contribution >= 0.6 is 0 Å². The number of rotatable bonds is 2. The van der Waals surface area contributed by atoms with E-state index in [0.29, 0.717) is 11.4 Å². The van der Waals surface area contributed by atoms with Crippen LogP contribution in [0.1, 0.15) is 68.0 Å². The molecule has 2 N–H and O–H groups in total. The van der Waals surface area contributed by atoms with Gasteiger partial charge in [0.2, 0.25) is 5.91 Å². The number of carbonyl (C=O) groups excluding carboxylic acids is 1. The highest BCUT2D eigenvalue weighted by molar-refractivity contribution is 5.94. The summed E-state index contributed by atoms with van der Waals surface area (Å²) in [6.45, 7) is 0. The van der Waals surface area contributed by atoms with Gasteiger partial charge in [0, 0.05) is 25.6 Å². The minimum Gasteiger partial charge on any atom is -0.311 e. The Labute approximate surface area is 140 Å². The Kier molecular flexibility index (Phi) is 3.78. The first-order valence-corrected chi connectivity index (χ1v) is 8.76. The molecule has 2 aromatic heterocycles. The zero-order valence-corrected chi connectivity index (χ0v) is 13.9. The fourth-order valence-corrected chi connectivity index (χ4v) is 4.08. The summed E-state index contributed by atoms with van der Waals surface area (Å²) in [5, 5.41) is 10.1. The van der Waals surface area contributed by atoms with Crippen LogP contribution in [-0.4, -0.2) is 25.5 Å². The monoisotopic (exact) mass is 329 g/mol. The zero-order chi connectivity index (χ0) is 16.7. The van der Waals surface area contributed by atoms with Crippen LogP contribution in [0.25, 0.3) is 0 Å². The van der Waals surface area contributed by atoms with Crippen molar-refractivity contribution in [3.63, 3.8) is 0 Å². The second-order valence-corrected chi connectivity index (χ2v) is 6.97. The van der Waals surface area contributed by atoms with Crippen molar-refractivity contribution in [3.8, 4) is 0 Å². The number of amides is 1. The molecule has 1 saturated carbocycles. The summed E-state index contributed by atoms with van der Waals surface area (Å²) in [6.07, 6.45) is 10.8. The molecule has 7 nitrogen and oxygen atoms in total. The molecule has 0 saturated heterocycles. The number of carbonyl (C=O) groups is 1. The van der Waals surface area contributed by atoms with E-state index >= 15 is 0 Å². The quantitative estimate of drug-likeness (QED) is 0.829. The van der Waals surface area contributed by atoms with Crippen LogP contribution in [0.4, 0.5) is 5.82 Å². The lowest BCUT2D eigenvalue weighted by atomic mass is 9.89. The van der Waals surface area contributed by atoms with Crippen molar-refractivity contribution in [1.29, 1.82) is 0 Å². The molecule has 1 aliphatic heterocycles. The number of hydrogen-bond acceptors (Lipinski definition) is 3. The van der Waals surface area contributed by atoms with Crippen molar-refractivity contribution >= 4 is 11.7 Å². The van der Waals surface area contributed by atoms with Crippen LogP contribution in [0, 0.1) is 0 Å². The van der Waals surface area contributed by atoms with E-state index < -0.39 is 0 Å². The number of aromatic nitrogens is 4. The number of nitrogens with one attached hydrogen (secondary N) is 2. The van der Waals surface area contributed by atoms with E-state index in [0.717, 1.165) is 18.4 Å². The molecule has 3 heterocycles. The summed E-state index contributed by atoms with van der Waals surface area (Å²) < 4.78 is 3.63. The molecule has 128 valence electrons. The van der Waals surface area contributed by atoms with Crippen LogP contribution in [0.15, 0.2) is 17.2 Å². The Balaban J connectivity index is 1.78. The maximum Gasteiger partial charge on any atom is 0.270 e. The maximum atomic E-state index is 12.7. The van der Waals surface area contributed by atoms with E-state index in [9.17, 15) is 9.59 Å². The molecule has 1 amide bonds. The number of H-pyrrole nitrogens is 1. The van der Waals surface area contributed by atoms with Gasteiger partial charge in [0.05, 0.1) is 17.8 Å². The molecule has 1 fully saturated rings. The highest BCUT2D eigenvalue weighted by Gasteiger charge is 2.34. The number of nitrogens with zero attached hydrogens (tertiary/aromatic N) is 3. The van der Waals surface area contributed by atoms with Gasteiger partial charge < -0.3 is 5.32 Å². The largest absolute Gasteiger partial charge is 0.311 e. The molecule has 0 radical (unpaired) electrons. The molecule has 0 spiro atoms. The van der Waals surface area contributed by atoms with Crippen LogP contribution in [0.3, 0.4) is 0 Å². The lowest BCUT2D eigenvalue weighted by Crippen LogP contribution is -2.27. The number of aryl methyl sites for hydroxylation is 1. The van der Waals surface area contributed by atoms with Gasteiger partial charge in [0.25, 0.3) is 5.56 Å². The minimum atomic E-state index is -0.224. The van der Waals surface area contributed by atoms with Crippen molar-refractivity contribution in [3.05, 3.63) is 33.9 Å². The molecule has 2 aliphatic rings. The van der Waals surface area contributed by atoms with Crippen LogP contribution in [0.5, 0.6) is 0 Å². The number of aromatic amines is 1. The van der Waals surface area contributed by atoms with Gasteiger partial charge in [-0.15, -0.1) is 0 Å². The lowest BCUT2D eigenvalue weighted by molar-refractivity contribution is -0.116. The third kappa shape index (κ3) is 2.57. The van der Waals surface area contributed by atoms with Gasteiger partial charge in [0.15, 0.2) is 0 Å². The second-order valence-electron chi connectivity index (χ2n) is 6.97. The number of fused-ring (bicyclic) bond motifs is 1. The second kappa shape index (κ2) is 5.96. The number of hydrogen-bond donors (Lipinski definition) is 2. The van der Waals surface area contributed by atoms with Crippen LogP contribution < -0.4 is 10.9 Å².